The average Bonchev–Trinajstić information content (AvgIpc) is 2.73. The van der Waals surface area contributed by atoms with Gasteiger partial charge in [-0.25, -0.2) is 8.42 Å². The van der Waals surface area contributed by atoms with Crippen molar-refractivity contribution in [3.05, 3.63) is 17.0 Å². The molecule has 0 saturated heterocycles. The van der Waals surface area contributed by atoms with Crippen molar-refractivity contribution in [3.63, 3.8) is 0 Å². The lowest BCUT2D eigenvalue weighted by molar-refractivity contribution is -0.135. The third-order valence-corrected chi connectivity index (χ3v) is 6.00. The van der Waals surface area contributed by atoms with Gasteiger partial charge in [0.25, 0.3) is 10.0 Å². The summed E-state index contributed by atoms with van der Waals surface area (Å²) in [7, 11) is -2.73. The summed E-state index contributed by atoms with van der Waals surface area (Å²) < 4.78 is 60.6. The maximum atomic E-state index is 12.0. The van der Waals surface area contributed by atoms with E-state index >= 15 is 0 Å². The molecule has 0 unspecified atom stereocenters. The van der Waals surface area contributed by atoms with Crippen molar-refractivity contribution in [1.82, 2.24) is 4.31 Å². The minimum Gasteiger partial charge on any atom is -0.206 e. The lowest BCUT2D eigenvalue weighted by atomic mass is 10.4. The van der Waals surface area contributed by atoms with Crippen LogP contribution in [0.1, 0.15) is 11.3 Å². The first-order valence-electron chi connectivity index (χ1n) is 4.84. The molecule has 0 amide bonds. The fraction of sp³-hybridized carbons (Fsp3) is 0.556. The Labute approximate surface area is 112 Å². The molecule has 0 aliphatic rings. The van der Waals surface area contributed by atoms with Crippen molar-refractivity contribution >= 4 is 33.0 Å². The lowest BCUT2D eigenvalue weighted by Crippen LogP contribution is -2.30. The van der Waals surface area contributed by atoms with Gasteiger partial charge in [-0.15, -0.1) is 22.9 Å². The minimum absolute atomic E-state index is 0.00262. The van der Waals surface area contributed by atoms with E-state index in [4.69, 9.17) is 11.6 Å². The largest absolute Gasteiger partial charge is 0.390 e. The van der Waals surface area contributed by atoms with Gasteiger partial charge in [0, 0.05) is 18.5 Å². The Kier molecular flexibility index (Phi) is 5.05. The molecule has 0 aliphatic carbocycles. The monoisotopic (exact) mass is 321 g/mol. The van der Waals surface area contributed by atoms with E-state index in [2.05, 4.69) is 0 Å². The number of hydrogen-bond donors (Lipinski definition) is 0. The summed E-state index contributed by atoms with van der Waals surface area (Å²) in [5, 5.41) is 0. The highest BCUT2D eigenvalue weighted by atomic mass is 35.5. The Bertz CT molecular complexity index is 498. The quantitative estimate of drug-likeness (QED) is 0.782. The molecule has 0 bridgehead atoms. The predicted molar refractivity (Wildman–Crippen MR) is 64.4 cm³/mol. The molecule has 9 heteroatoms. The molecule has 3 nitrogen and oxygen atoms in total. The van der Waals surface area contributed by atoms with Crippen molar-refractivity contribution in [2.75, 3.05) is 13.6 Å². The van der Waals surface area contributed by atoms with Crippen LogP contribution in [0.25, 0.3) is 0 Å². The number of nitrogens with zero attached hydrogens (tertiary/aromatic N) is 1. The second-order valence-electron chi connectivity index (χ2n) is 3.55. The van der Waals surface area contributed by atoms with E-state index in [0.717, 1.165) is 18.4 Å². The first-order valence-corrected chi connectivity index (χ1v) is 7.63. The fourth-order valence-corrected chi connectivity index (χ4v) is 3.97. The van der Waals surface area contributed by atoms with Crippen LogP contribution in [0.3, 0.4) is 0 Å². The smallest absolute Gasteiger partial charge is 0.206 e. The van der Waals surface area contributed by atoms with Crippen LogP contribution < -0.4 is 0 Å². The van der Waals surface area contributed by atoms with E-state index in [1.54, 1.807) is 6.07 Å². The number of rotatable bonds is 5. The van der Waals surface area contributed by atoms with Gasteiger partial charge in [-0.05, 0) is 12.1 Å². The zero-order valence-electron chi connectivity index (χ0n) is 9.37. The van der Waals surface area contributed by atoms with Gasteiger partial charge in [0.1, 0.15) is 4.21 Å². The first kappa shape index (κ1) is 15.7. The Morgan fingerprint density at radius 2 is 2.00 bits per heavy atom. The summed E-state index contributed by atoms with van der Waals surface area (Å²) in [5.74, 6) is 0.173. The Hall–Kier alpha value is -0.310. The highest BCUT2D eigenvalue weighted by Gasteiger charge is 2.30. The molecule has 0 aliphatic heterocycles. The minimum atomic E-state index is -4.37. The van der Waals surface area contributed by atoms with Gasteiger partial charge in [-0.2, -0.15) is 17.5 Å². The van der Waals surface area contributed by atoms with Crippen LogP contribution in [0.2, 0.25) is 0 Å². The van der Waals surface area contributed by atoms with E-state index < -0.39 is 29.2 Å². The van der Waals surface area contributed by atoms with Crippen LogP contribution in [0.4, 0.5) is 13.2 Å². The molecule has 1 aromatic rings. The lowest BCUT2D eigenvalue weighted by Gasteiger charge is -2.16. The first-order chi connectivity index (χ1) is 8.16. The highest BCUT2D eigenvalue weighted by Crippen LogP contribution is 2.27. The summed E-state index contributed by atoms with van der Waals surface area (Å²) in [5.41, 5.74) is 0. The molecule has 0 N–H and O–H groups in total. The predicted octanol–water partition coefficient (Wildman–Crippen LogP) is 3.06. The standard InChI is InChI=1S/C9H11ClF3NO2S2/c1-14(5-4-9(11,12)13)18(15,16)8-3-2-7(6-10)17-8/h2-3H,4-6H2,1H3. The summed E-state index contributed by atoms with van der Waals surface area (Å²) in [6.45, 7) is -0.597. The van der Waals surface area contributed by atoms with Gasteiger partial charge >= 0.3 is 6.18 Å². The Balaban J connectivity index is 2.80. The number of alkyl halides is 4. The molecule has 0 aromatic carbocycles. The summed E-state index contributed by atoms with van der Waals surface area (Å²) >= 11 is 6.50. The number of hydrogen-bond acceptors (Lipinski definition) is 3. The average molecular weight is 322 g/mol. The van der Waals surface area contributed by atoms with E-state index in [-0.39, 0.29) is 10.1 Å². The second-order valence-corrected chi connectivity index (χ2v) is 7.25. The van der Waals surface area contributed by atoms with Crippen LogP contribution in [-0.4, -0.2) is 32.5 Å². The topological polar surface area (TPSA) is 37.4 Å². The molecule has 0 atom stereocenters. The molecule has 0 saturated carbocycles. The van der Waals surface area contributed by atoms with E-state index in [9.17, 15) is 21.6 Å². The Morgan fingerprint density at radius 1 is 1.39 bits per heavy atom. The molecule has 1 heterocycles. The van der Waals surface area contributed by atoms with Crippen molar-refractivity contribution in [1.29, 1.82) is 0 Å². The number of thiophene rings is 1. The Morgan fingerprint density at radius 3 is 2.44 bits per heavy atom. The molecule has 1 aromatic heterocycles. The van der Waals surface area contributed by atoms with Gasteiger partial charge in [0.2, 0.25) is 0 Å². The van der Waals surface area contributed by atoms with Gasteiger partial charge in [0.05, 0.1) is 12.3 Å². The van der Waals surface area contributed by atoms with Crippen molar-refractivity contribution < 1.29 is 21.6 Å². The molecule has 0 fully saturated rings. The van der Waals surface area contributed by atoms with Crippen LogP contribution in [0, 0.1) is 0 Å². The van der Waals surface area contributed by atoms with Gasteiger partial charge in [-0.1, -0.05) is 0 Å². The molecular formula is C9H11ClF3NO2S2. The summed E-state index contributed by atoms with van der Waals surface area (Å²) in [6, 6.07) is 2.89. The maximum Gasteiger partial charge on any atom is 0.390 e. The molecule has 0 spiro atoms. The fourth-order valence-electron chi connectivity index (χ4n) is 1.13. The van der Waals surface area contributed by atoms with Gasteiger partial charge in [0.15, 0.2) is 0 Å². The van der Waals surface area contributed by atoms with Crippen LogP contribution >= 0.6 is 22.9 Å². The van der Waals surface area contributed by atoms with Gasteiger partial charge in [-0.3, -0.25) is 0 Å². The molecular weight excluding hydrogens is 311 g/mol. The third-order valence-electron chi connectivity index (χ3n) is 2.14. The molecule has 0 radical (unpaired) electrons. The SMILES string of the molecule is CN(CCC(F)(F)F)S(=O)(=O)c1ccc(CCl)s1. The zero-order chi connectivity index (χ0) is 14.0. The maximum absolute atomic E-state index is 12.0. The molecule has 1 rings (SSSR count). The summed E-state index contributed by atoms with van der Waals surface area (Å²) in [4.78, 5) is 0.652. The molecule has 18 heavy (non-hydrogen) atoms. The highest BCUT2D eigenvalue weighted by molar-refractivity contribution is 7.91. The zero-order valence-corrected chi connectivity index (χ0v) is 11.8. The van der Waals surface area contributed by atoms with Crippen LogP contribution in [0.5, 0.6) is 0 Å². The normalized spacial score (nSPS) is 13.2. The van der Waals surface area contributed by atoms with E-state index in [0.29, 0.717) is 9.18 Å². The summed E-state index contributed by atoms with van der Waals surface area (Å²) in [6.07, 6.45) is -5.54. The third kappa shape index (κ3) is 4.11. The van der Waals surface area contributed by atoms with Crippen LogP contribution in [-0.2, 0) is 15.9 Å². The van der Waals surface area contributed by atoms with E-state index in [1.807, 2.05) is 0 Å². The number of halogens is 4. The van der Waals surface area contributed by atoms with Crippen molar-refractivity contribution in [3.8, 4) is 0 Å². The second kappa shape index (κ2) is 5.77. The van der Waals surface area contributed by atoms with E-state index in [1.165, 1.54) is 6.07 Å². The molecule has 104 valence electrons. The van der Waals surface area contributed by atoms with Crippen LogP contribution in [0.15, 0.2) is 16.3 Å². The van der Waals surface area contributed by atoms with Gasteiger partial charge < -0.3 is 0 Å². The number of sulfonamides is 1. The van der Waals surface area contributed by atoms with Crippen molar-refractivity contribution in [2.24, 2.45) is 0 Å². The van der Waals surface area contributed by atoms with Crippen molar-refractivity contribution in [2.45, 2.75) is 22.7 Å².